The van der Waals surface area contributed by atoms with Gasteiger partial charge in [-0.1, -0.05) is 5.16 Å². The summed E-state index contributed by atoms with van der Waals surface area (Å²) in [5, 5.41) is 11.9. The summed E-state index contributed by atoms with van der Waals surface area (Å²) in [4.78, 5) is 10.5. The van der Waals surface area contributed by atoms with E-state index in [1.165, 1.54) is 6.07 Å². The van der Waals surface area contributed by atoms with Crippen LogP contribution in [0.15, 0.2) is 33.4 Å². The van der Waals surface area contributed by atoms with Crippen molar-refractivity contribution < 1.29 is 23.6 Å². The summed E-state index contributed by atoms with van der Waals surface area (Å²) in [6.45, 7) is 0.455. The zero-order chi connectivity index (χ0) is 11.4. The molecule has 1 N–H and O–H groups in total. The predicted octanol–water partition coefficient (Wildman–Crippen LogP) is 1.68. The van der Waals surface area contributed by atoms with Gasteiger partial charge in [-0.15, -0.1) is 0 Å². The number of ether oxygens (including phenoxy) is 1. The van der Waals surface area contributed by atoms with Gasteiger partial charge in [0.25, 0.3) is 0 Å². The van der Waals surface area contributed by atoms with Gasteiger partial charge in [0.1, 0.15) is 19.0 Å². The van der Waals surface area contributed by atoms with E-state index in [9.17, 15) is 4.79 Å². The number of nitrogens with zero attached hydrogens (tertiary/aromatic N) is 1. The van der Waals surface area contributed by atoms with Gasteiger partial charge in [-0.25, -0.2) is 4.79 Å². The molecule has 84 valence electrons. The molecule has 0 aromatic carbocycles. The van der Waals surface area contributed by atoms with Crippen LogP contribution in [0, 0.1) is 0 Å². The van der Waals surface area contributed by atoms with Crippen molar-refractivity contribution in [2.75, 3.05) is 0 Å². The molecule has 0 bridgehead atoms. The molecule has 0 saturated heterocycles. The summed E-state index contributed by atoms with van der Waals surface area (Å²) in [7, 11) is 0. The minimum Gasteiger partial charge on any atom is -0.476 e. The predicted molar refractivity (Wildman–Crippen MR) is 50.7 cm³/mol. The maximum Gasteiger partial charge on any atom is 0.358 e. The second kappa shape index (κ2) is 4.63. The third-order valence-corrected chi connectivity index (χ3v) is 1.85. The third-order valence-electron chi connectivity index (χ3n) is 1.85. The molecule has 0 saturated carbocycles. The lowest BCUT2D eigenvalue weighted by Gasteiger charge is -1.97. The number of aromatic nitrogens is 1. The fourth-order valence-electron chi connectivity index (χ4n) is 1.13. The summed E-state index contributed by atoms with van der Waals surface area (Å²) in [5.74, 6) is -0.0667. The van der Waals surface area contributed by atoms with Crippen LogP contribution < -0.4 is 0 Å². The van der Waals surface area contributed by atoms with Crippen LogP contribution in [0.5, 0.6) is 0 Å². The minimum absolute atomic E-state index is 0.128. The Morgan fingerprint density at radius 1 is 1.44 bits per heavy atom. The van der Waals surface area contributed by atoms with Gasteiger partial charge in [0.15, 0.2) is 11.5 Å². The van der Waals surface area contributed by atoms with Crippen LogP contribution >= 0.6 is 0 Å². The average molecular weight is 223 g/mol. The van der Waals surface area contributed by atoms with E-state index in [0.29, 0.717) is 18.1 Å². The Morgan fingerprint density at radius 3 is 2.88 bits per heavy atom. The van der Waals surface area contributed by atoms with E-state index in [2.05, 4.69) is 5.16 Å². The van der Waals surface area contributed by atoms with Gasteiger partial charge in [0.2, 0.25) is 0 Å². The SMILES string of the molecule is O=C(O)c1cc(COCc2ccco2)on1. The molecule has 0 amide bonds. The lowest BCUT2D eigenvalue weighted by Crippen LogP contribution is -1.95. The second-order valence-corrected chi connectivity index (χ2v) is 3.06. The summed E-state index contributed by atoms with van der Waals surface area (Å²) < 4.78 is 15.0. The van der Waals surface area contributed by atoms with E-state index in [4.69, 9.17) is 18.8 Å². The molecule has 0 atom stereocenters. The molecular formula is C10H9NO5. The number of aromatic carboxylic acids is 1. The topological polar surface area (TPSA) is 85.7 Å². The molecule has 2 heterocycles. The summed E-state index contributed by atoms with van der Waals surface area (Å²) in [6.07, 6.45) is 1.55. The van der Waals surface area contributed by atoms with Crippen molar-refractivity contribution in [3.8, 4) is 0 Å². The monoisotopic (exact) mass is 223 g/mol. The van der Waals surface area contributed by atoms with Crippen LogP contribution in [-0.4, -0.2) is 16.2 Å². The lowest BCUT2D eigenvalue weighted by molar-refractivity contribution is 0.0681. The minimum atomic E-state index is -1.12. The Kier molecular flexibility index (Phi) is 3.02. The summed E-state index contributed by atoms with van der Waals surface area (Å²) in [6, 6.07) is 4.86. The zero-order valence-electron chi connectivity index (χ0n) is 8.25. The van der Waals surface area contributed by atoms with E-state index in [0.717, 1.165) is 0 Å². The van der Waals surface area contributed by atoms with Crippen LogP contribution in [0.4, 0.5) is 0 Å². The Hall–Kier alpha value is -2.08. The van der Waals surface area contributed by atoms with Gasteiger partial charge in [-0.3, -0.25) is 0 Å². The Balaban J connectivity index is 1.83. The molecule has 0 unspecified atom stereocenters. The van der Waals surface area contributed by atoms with Crippen LogP contribution in [0.1, 0.15) is 22.0 Å². The fraction of sp³-hybridized carbons (Fsp3) is 0.200. The number of carboxylic acids is 1. The van der Waals surface area contributed by atoms with Gasteiger partial charge in [-0.05, 0) is 12.1 Å². The molecule has 0 aliphatic heterocycles. The fourth-order valence-corrected chi connectivity index (χ4v) is 1.13. The highest BCUT2D eigenvalue weighted by atomic mass is 16.5. The van der Waals surface area contributed by atoms with Crippen LogP contribution in [0.25, 0.3) is 0 Å². The van der Waals surface area contributed by atoms with Crippen molar-refractivity contribution in [1.29, 1.82) is 0 Å². The zero-order valence-corrected chi connectivity index (χ0v) is 8.25. The molecule has 2 aromatic rings. The molecule has 0 spiro atoms. The quantitative estimate of drug-likeness (QED) is 0.829. The highest BCUT2D eigenvalue weighted by molar-refractivity contribution is 5.85. The maximum absolute atomic E-state index is 10.5. The first kappa shape index (κ1) is 10.4. The van der Waals surface area contributed by atoms with Gasteiger partial charge in [-0.2, -0.15) is 0 Å². The molecule has 0 aliphatic carbocycles. The molecule has 0 fully saturated rings. The van der Waals surface area contributed by atoms with Crippen molar-refractivity contribution in [1.82, 2.24) is 5.16 Å². The first-order chi connectivity index (χ1) is 7.75. The average Bonchev–Trinajstić information content (AvgIpc) is 2.87. The smallest absolute Gasteiger partial charge is 0.358 e. The Morgan fingerprint density at radius 2 is 2.25 bits per heavy atom. The molecule has 2 rings (SSSR count). The number of hydrogen-bond donors (Lipinski definition) is 1. The standard InChI is InChI=1S/C10H9NO5/c12-10(13)9-4-8(16-11-9)6-14-5-7-2-1-3-15-7/h1-4H,5-6H2,(H,12,13). The number of rotatable bonds is 5. The summed E-state index contributed by atoms with van der Waals surface area (Å²) in [5.41, 5.74) is -0.128. The third kappa shape index (κ3) is 2.48. The van der Waals surface area contributed by atoms with Crippen LogP contribution in [0.2, 0.25) is 0 Å². The van der Waals surface area contributed by atoms with Crippen molar-refractivity contribution in [3.05, 3.63) is 41.7 Å². The van der Waals surface area contributed by atoms with Gasteiger partial charge < -0.3 is 18.8 Å². The van der Waals surface area contributed by atoms with E-state index in [1.807, 2.05) is 0 Å². The van der Waals surface area contributed by atoms with Crippen molar-refractivity contribution in [3.63, 3.8) is 0 Å². The van der Waals surface area contributed by atoms with Gasteiger partial charge in [0.05, 0.1) is 6.26 Å². The van der Waals surface area contributed by atoms with Crippen molar-refractivity contribution in [2.45, 2.75) is 13.2 Å². The number of hydrogen-bond acceptors (Lipinski definition) is 5. The largest absolute Gasteiger partial charge is 0.476 e. The van der Waals surface area contributed by atoms with Crippen molar-refractivity contribution >= 4 is 5.97 Å². The molecule has 2 aromatic heterocycles. The Bertz CT molecular complexity index is 459. The normalized spacial score (nSPS) is 10.5. The van der Waals surface area contributed by atoms with E-state index >= 15 is 0 Å². The van der Waals surface area contributed by atoms with Gasteiger partial charge in [0, 0.05) is 6.07 Å². The van der Waals surface area contributed by atoms with E-state index in [-0.39, 0.29) is 12.3 Å². The van der Waals surface area contributed by atoms with Crippen LogP contribution in [0.3, 0.4) is 0 Å². The molecule has 6 heteroatoms. The Labute approximate surface area is 90.4 Å². The molecule has 16 heavy (non-hydrogen) atoms. The highest BCUT2D eigenvalue weighted by Crippen LogP contribution is 2.08. The lowest BCUT2D eigenvalue weighted by atomic mass is 10.4. The first-order valence-corrected chi connectivity index (χ1v) is 4.55. The number of furan rings is 1. The number of carbonyl (C=O) groups is 1. The van der Waals surface area contributed by atoms with Gasteiger partial charge >= 0.3 is 5.97 Å². The summed E-state index contributed by atoms with van der Waals surface area (Å²) >= 11 is 0. The second-order valence-electron chi connectivity index (χ2n) is 3.06. The van der Waals surface area contributed by atoms with E-state index in [1.54, 1.807) is 18.4 Å². The molecule has 6 nitrogen and oxygen atoms in total. The van der Waals surface area contributed by atoms with Crippen molar-refractivity contribution in [2.24, 2.45) is 0 Å². The molecule has 0 radical (unpaired) electrons. The first-order valence-electron chi connectivity index (χ1n) is 4.55. The number of carboxylic acid groups (broad SMARTS) is 1. The van der Waals surface area contributed by atoms with Crippen LogP contribution in [-0.2, 0) is 18.0 Å². The molecular weight excluding hydrogens is 214 g/mol. The highest BCUT2D eigenvalue weighted by Gasteiger charge is 2.10. The maximum atomic E-state index is 10.5. The molecule has 0 aliphatic rings. The van der Waals surface area contributed by atoms with E-state index < -0.39 is 5.97 Å².